The Morgan fingerprint density at radius 3 is 3.00 bits per heavy atom. The van der Waals surface area contributed by atoms with Crippen LogP contribution in [0.25, 0.3) is 0 Å². The molecule has 0 bridgehead atoms. The maximum absolute atomic E-state index is 5.93. The third kappa shape index (κ3) is 1.73. The summed E-state index contributed by atoms with van der Waals surface area (Å²) in [6.07, 6.45) is 7.32. The maximum Gasteiger partial charge on any atom is 0.0380 e. The molecule has 2 rings (SSSR count). The van der Waals surface area contributed by atoms with Gasteiger partial charge in [-0.05, 0) is 43.9 Å². The minimum atomic E-state index is 0.598. The first-order chi connectivity index (χ1) is 6.81. The molecule has 0 saturated heterocycles. The number of nitrogens with one attached hydrogen (secondary N) is 1. The van der Waals surface area contributed by atoms with Crippen molar-refractivity contribution in [3.8, 4) is 0 Å². The summed E-state index contributed by atoms with van der Waals surface area (Å²) in [6.45, 7) is 0. The molecule has 0 aromatic carbocycles. The topological polar surface area (TPSA) is 50.9 Å². The fourth-order valence-corrected chi connectivity index (χ4v) is 2.28. The molecule has 0 aliphatic heterocycles. The Labute approximate surface area is 84.7 Å². The highest BCUT2D eigenvalue weighted by molar-refractivity contribution is 5.46. The fourth-order valence-electron chi connectivity index (χ4n) is 2.28. The number of hydrogen-bond acceptors (Lipinski definition) is 3. The van der Waals surface area contributed by atoms with E-state index in [0.717, 1.165) is 5.69 Å². The van der Waals surface area contributed by atoms with Crippen LogP contribution >= 0.6 is 0 Å². The molecule has 0 amide bonds. The minimum Gasteiger partial charge on any atom is -0.398 e. The molecule has 76 valence electrons. The molecule has 1 heterocycles. The van der Waals surface area contributed by atoms with Gasteiger partial charge < -0.3 is 11.1 Å². The summed E-state index contributed by atoms with van der Waals surface area (Å²) in [5.74, 6) is 0.598. The molecule has 2 atom stereocenters. The monoisotopic (exact) mass is 191 g/mol. The lowest BCUT2D eigenvalue weighted by atomic mass is 9.98. The van der Waals surface area contributed by atoms with Crippen LogP contribution < -0.4 is 11.1 Å². The fraction of sp³-hybridized carbons (Fsp3) is 0.545. The van der Waals surface area contributed by atoms with Crippen molar-refractivity contribution < 1.29 is 0 Å². The second kappa shape index (κ2) is 3.96. The molecule has 3 heteroatoms. The van der Waals surface area contributed by atoms with Crippen LogP contribution in [0.15, 0.2) is 18.5 Å². The molecule has 0 radical (unpaired) electrons. The van der Waals surface area contributed by atoms with Crippen molar-refractivity contribution in [3.05, 3.63) is 24.0 Å². The van der Waals surface area contributed by atoms with E-state index in [2.05, 4.69) is 10.3 Å². The number of nitrogens with zero attached hydrogens (tertiary/aromatic N) is 1. The lowest BCUT2D eigenvalue weighted by Crippen LogP contribution is -2.21. The van der Waals surface area contributed by atoms with E-state index in [1.165, 1.54) is 24.8 Å². The Morgan fingerprint density at radius 1 is 1.50 bits per heavy atom. The predicted molar refractivity (Wildman–Crippen MR) is 58.1 cm³/mol. The third-order valence-electron chi connectivity index (χ3n) is 3.17. The lowest BCUT2D eigenvalue weighted by Gasteiger charge is -2.12. The zero-order valence-corrected chi connectivity index (χ0v) is 8.53. The maximum atomic E-state index is 5.93. The number of nitrogen functional groups attached to an aromatic ring is 1. The van der Waals surface area contributed by atoms with Crippen molar-refractivity contribution >= 4 is 5.69 Å². The van der Waals surface area contributed by atoms with Gasteiger partial charge >= 0.3 is 0 Å². The molecular weight excluding hydrogens is 174 g/mol. The molecule has 0 spiro atoms. The minimum absolute atomic E-state index is 0.598. The molecule has 1 aliphatic carbocycles. The summed E-state index contributed by atoms with van der Waals surface area (Å²) in [5, 5.41) is 3.32. The van der Waals surface area contributed by atoms with E-state index in [4.69, 9.17) is 5.73 Å². The SMILES string of the molecule is CNC1CCC(c2cnccc2N)C1. The van der Waals surface area contributed by atoms with Gasteiger partial charge in [0.15, 0.2) is 0 Å². The standard InChI is InChI=1S/C11H17N3/c1-13-9-3-2-8(6-9)10-7-14-5-4-11(10)12/h4-5,7-9,13H,2-3,6H2,1H3,(H2,12,14). The van der Waals surface area contributed by atoms with Gasteiger partial charge in [-0.1, -0.05) is 0 Å². The summed E-state index contributed by atoms with van der Waals surface area (Å²) >= 11 is 0. The van der Waals surface area contributed by atoms with E-state index in [-0.39, 0.29) is 0 Å². The highest BCUT2D eigenvalue weighted by Gasteiger charge is 2.25. The van der Waals surface area contributed by atoms with Crippen LogP contribution in [0, 0.1) is 0 Å². The van der Waals surface area contributed by atoms with Crippen molar-refractivity contribution in [2.45, 2.75) is 31.2 Å². The predicted octanol–water partition coefficient (Wildman–Crippen LogP) is 1.52. The highest BCUT2D eigenvalue weighted by Crippen LogP contribution is 2.36. The number of pyridine rings is 1. The zero-order valence-electron chi connectivity index (χ0n) is 8.53. The molecule has 3 nitrogen and oxygen atoms in total. The zero-order chi connectivity index (χ0) is 9.97. The van der Waals surface area contributed by atoms with Crippen molar-refractivity contribution in [3.63, 3.8) is 0 Å². The molecule has 1 aromatic heterocycles. The molecule has 1 fully saturated rings. The normalized spacial score (nSPS) is 26.6. The van der Waals surface area contributed by atoms with Gasteiger partial charge in [-0.2, -0.15) is 0 Å². The first kappa shape index (κ1) is 9.46. The van der Waals surface area contributed by atoms with Crippen molar-refractivity contribution in [1.29, 1.82) is 0 Å². The Kier molecular flexibility index (Phi) is 2.68. The Balaban J connectivity index is 2.13. The van der Waals surface area contributed by atoms with Crippen LogP contribution in [0.3, 0.4) is 0 Å². The molecule has 1 saturated carbocycles. The summed E-state index contributed by atoms with van der Waals surface area (Å²) in [6, 6.07) is 2.54. The molecule has 14 heavy (non-hydrogen) atoms. The van der Waals surface area contributed by atoms with Gasteiger partial charge in [-0.25, -0.2) is 0 Å². The second-order valence-corrected chi connectivity index (χ2v) is 4.00. The largest absolute Gasteiger partial charge is 0.398 e. The average Bonchev–Trinajstić information content (AvgIpc) is 2.67. The van der Waals surface area contributed by atoms with Crippen molar-refractivity contribution in [2.24, 2.45) is 0 Å². The number of nitrogens with two attached hydrogens (primary N) is 1. The van der Waals surface area contributed by atoms with Crippen LogP contribution in [0.4, 0.5) is 5.69 Å². The van der Waals surface area contributed by atoms with E-state index in [1.807, 2.05) is 19.3 Å². The molecule has 1 aliphatic rings. The van der Waals surface area contributed by atoms with Crippen LogP contribution in [0.2, 0.25) is 0 Å². The van der Waals surface area contributed by atoms with E-state index < -0.39 is 0 Å². The van der Waals surface area contributed by atoms with Gasteiger partial charge in [0, 0.05) is 24.1 Å². The van der Waals surface area contributed by atoms with Gasteiger partial charge in [0.2, 0.25) is 0 Å². The van der Waals surface area contributed by atoms with E-state index >= 15 is 0 Å². The first-order valence-corrected chi connectivity index (χ1v) is 5.18. The van der Waals surface area contributed by atoms with Crippen LogP contribution in [0.5, 0.6) is 0 Å². The Morgan fingerprint density at radius 2 is 2.36 bits per heavy atom. The lowest BCUT2D eigenvalue weighted by molar-refractivity contribution is 0.572. The summed E-state index contributed by atoms with van der Waals surface area (Å²) in [5.41, 5.74) is 8.04. The molecule has 1 aromatic rings. The van der Waals surface area contributed by atoms with E-state index in [9.17, 15) is 0 Å². The summed E-state index contributed by atoms with van der Waals surface area (Å²) < 4.78 is 0. The van der Waals surface area contributed by atoms with Crippen LogP contribution in [-0.4, -0.2) is 18.1 Å². The van der Waals surface area contributed by atoms with Gasteiger partial charge in [-0.3, -0.25) is 4.98 Å². The number of rotatable bonds is 2. The number of hydrogen-bond donors (Lipinski definition) is 2. The second-order valence-electron chi connectivity index (χ2n) is 4.00. The summed E-state index contributed by atoms with van der Waals surface area (Å²) in [4.78, 5) is 4.14. The van der Waals surface area contributed by atoms with Gasteiger partial charge in [0.25, 0.3) is 0 Å². The molecular formula is C11H17N3. The van der Waals surface area contributed by atoms with Gasteiger partial charge in [-0.15, -0.1) is 0 Å². The van der Waals surface area contributed by atoms with Crippen LogP contribution in [0.1, 0.15) is 30.7 Å². The van der Waals surface area contributed by atoms with E-state index in [0.29, 0.717) is 12.0 Å². The summed E-state index contributed by atoms with van der Waals surface area (Å²) in [7, 11) is 2.03. The average molecular weight is 191 g/mol. The van der Waals surface area contributed by atoms with Gasteiger partial charge in [0.05, 0.1) is 0 Å². The smallest absolute Gasteiger partial charge is 0.0380 e. The molecule has 3 N–H and O–H groups in total. The molecule has 2 unspecified atom stereocenters. The van der Waals surface area contributed by atoms with E-state index in [1.54, 1.807) is 6.20 Å². The Hall–Kier alpha value is -1.09. The quantitative estimate of drug-likeness (QED) is 0.745. The van der Waals surface area contributed by atoms with Gasteiger partial charge in [0.1, 0.15) is 0 Å². The highest BCUT2D eigenvalue weighted by atomic mass is 14.9. The van der Waals surface area contributed by atoms with Crippen molar-refractivity contribution in [2.75, 3.05) is 12.8 Å². The van der Waals surface area contributed by atoms with Crippen LogP contribution in [-0.2, 0) is 0 Å². The third-order valence-corrected chi connectivity index (χ3v) is 3.17. The number of aromatic nitrogens is 1. The van der Waals surface area contributed by atoms with Crippen molar-refractivity contribution in [1.82, 2.24) is 10.3 Å². The Bertz CT molecular complexity index is 311. The number of anilines is 1. The first-order valence-electron chi connectivity index (χ1n) is 5.18.